The molecule has 0 aliphatic rings. The highest BCUT2D eigenvalue weighted by Gasteiger charge is 2.14. The Kier molecular flexibility index (Phi) is 6.98. The van der Waals surface area contributed by atoms with Crippen molar-refractivity contribution < 1.29 is 17.4 Å². The van der Waals surface area contributed by atoms with E-state index in [1.165, 1.54) is 0 Å². The molecule has 0 aliphatic carbocycles. The number of carbonyl (C=O) groups excluding carboxylic acids is 1. The van der Waals surface area contributed by atoms with Crippen LogP contribution >= 0.6 is 0 Å². The van der Waals surface area contributed by atoms with Crippen molar-refractivity contribution >= 4 is 16.1 Å². The van der Waals surface area contributed by atoms with Crippen LogP contribution in [-0.2, 0) is 19.1 Å². The fraction of sp³-hybridized carbons (Fsp3) is 0.667. The van der Waals surface area contributed by atoms with Gasteiger partial charge in [0.25, 0.3) is 0 Å². The lowest BCUT2D eigenvalue weighted by Crippen LogP contribution is -2.25. The van der Waals surface area contributed by atoms with Crippen molar-refractivity contribution in [1.29, 1.82) is 0 Å². The Morgan fingerprint density at radius 2 is 2.07 bits per heavy atom. The van der Waals surface area contributed by atoms with Crippen molar-refractivity contribution in [3.63, 3.8) is 0 Å². The molecule has 0 saturated heterocycles. The van der Waals surface area contributed by atoms with Crippen molar-refractivity contribution in [1.82, 2.24) is 5.32 Å². The fourth-order valence-corrected chi connectivity index (χ4v) is 1.57. The zero-order valence-electron chi connectivity index (χ0n) is 9.02. The molecule has 0 heterocycles. The lowest BCUT2D eigenvalue weighted by atomic mass is 10.4. The fourth-order valence-electron chi connectivity index (χ4n) is 0.783. The maximum absolute atomic E-state index is 11.2. The molecule has 0 rings (SSSR count). The normalized spacial score (nSPS) is 11.9. The molecule has 0 unspecified atom stereocenters. The number of hydrogen-bond acceptors (Lipinski definition) is 5. The van der Waals surface area contributed by atoms with Gasteiger partial charge in [0.2, 0.25) is 0 Å². The Bertz CT molecular complexity index is 308. The van der Waals surface area contributed by atoms with Gasteiger partial charge in [0.15, 0.2) is 0 Å². The second kappa shape index (κ2) is 7.42. The minimum atomic E-state index is -3.75. The quantitative estimate of drug-likeness (QED) is 0.394. The van der Waals surface area contributed by atoms with Gasteiger partial charge in [-0.05, 0) is 13.0 Å². The van der Waals surface area contributed by atoms with Crippen LogP contribution in [0.2, 0.25) is 0 Å². The SMILES string of the molecule is CCC=CC(=O)OS(=O)(=O)CCNCC. The third-order valence-corrected chi connectivity index (χ3v) is 2.60. The van der Waals surface area contributed by atoms with Crippen molar-refractivity contribution in [2.75, 3.05) is 18.8 Å². The minimum Gasteiger partial charge on any atom is -0.342 e. The Labute approximate surface area is 90.6 Å². The highest BCUT2D eigenvalue weighted by molar-refractivity contribution is 7.87. The lowest BCUT2D eigenvalue weighted by molar-refractivity contribution is -0.128. The zero-order chi connectivity index (χ0) is 11.7. The number of nitrogens with one attached hydrogen (secondary N) is 1. The summed E-state index contributed by atoms with van der Waals surface area (Å²) in [5, 5.41) is 2.83. The summed E-state index contributed by atoms with van der Waals surface area (Å²) < 4.78 is 26.6. The van der Waals surface area contributed by atoms with Crippen LogP contribution in [0.25, 0.3) is 0 Å². The standard InChI is InChI=1S/C9H17NO4S/c1-3-5-6-9(11)14-15(12,13)8-7-10-4-2/h5-6,10H,3-4,7-8H2,1-2H3. The van der Waals surface area contributed by atoms with Crippen LogP contribution < -0.4 is 5.32 Å². The molecule has 0 aliphatic heterocycles. The Hall–Kier alpha value is -0.880. The molecule has 5 nitrogen and oxygen atoms in total. The number of rotatable bonds is 7. The maximum Gasteiger partial charge on any atom is 0.346 e. The third-order valence-electron chi connectivity index (χ3n) is 1.48. The van der Waals surface area contributed by atoms with Crippen molar-refractivity contribution in [2.24, 2.45) is 0 Å². The second-order valence-electron chi connectivity index (χ2n) is 2.83. The van der Waals surface area contributed by atoms with Gasteiger partial charge in [0.05, 0.1) is 5.75 Å². The molecule has 88 valence electrons. The van der Waals surface area contributed by atoms with E-state index in [1.54, 1.807) is 6.08 Å². The summed E-state index contributed by atoms with van der Waals surface area (Å²) in [7, 11) is -3.75. The summed E-state index contributed by atoms with van der Waals surface area (Å²) in [6.07, 6.45) is 3.32. The maximum atomic E-state index is 11.2. The van der Waals surface area contributed by atoms with Crippen LogP contribution in [0.5, 0.6) is 0 Å². The van der Waals surface area contributed by atoms with E-state index in [-0.39, 0.29) is 12.3 Å². The van der Waals surface area contributed by atoms with E-state index in [0.29, 0.717) is 13.0 Å². The summed E-state index contributed by atoms with van der Waals surface area (Å²) in [6.45, 7) is 4.66. The van der Waals surface area contributed by atoms with Gasteiger partial charge in [0, 0.05) is 12.6 Å². The monoisotopic (exact) mass is 235 g/mol. The van der Waals surface area contributed by atoms with Gasteiger partial charge in [-0.1, -0.05) is 19.9 Å². The molecular weight excluding hydrogens is 218 g/mol. The molecule has 15 heavy (non-hydrogen) atoms. The van der Waals surface area contributed by atoms with Gasteiger partial charge >= 0.3 is 16.1 Å². The Morgan fingerprint density at radius 1 is 1.40 bits per heavy atom. The van der Waals surface area contributed by atoms with Crippen LogP contribution in [0.15, 0.2) is 12.2 Å². The summed E-state index contributed by atoms with van der Waals surface area (Å²) in [5.41, 5.74) is 0. The van der Waals surface area contributed by atoms with Gasteiger partial charge in [-0.3, -0.25) is 0 Å². The molecule has 0 amide bonds. The van der Waals surface area contributed by atoms with E-state index in [2.05, 4.69) is 9.50 Å². The van der Waals surface area contributed by atoms with E-state index in [4.69, 9.17) is 0 Å². The van der Waals surface area contributed by atoms with Crippen LogP contribution in [0.3, 0.4) is 0 Å². The van der Waals surface area contributed by atoms with Crippen LogP contribution in [0.4, 0.5) is 0 Å². The Morgan fingerprint density at radius 3 is 2.60 bits per heavy atom. The number of carbonyl (C=O) groups is 1. The number of allylic oxidation sites excluding steroid dienone is 1. The predicted octanol–water partition coefficient (Wildman–Crippen LogP) is 0.435. The second-order valence-corrected chi connectivity index (χ2v) is 4.52. The largest absolute Gasteiger partial charge is 0.346 e. The summed E-state index contributed by atoms with van der Waals surface area (Å²) in [5.74, 6) is -1.04. The van der Waals surface area contributed by atoms with Crippen LogP contribution in [0, 0.1) is 0 Å². The van der Waals surface area contributed by atoms with Gasteiger partial charge in [-0.25, -0.2) is 4.79 Å². The van der Waals surface area contributed by atoms with Gasteiger partial charge < -0.3 is 9.50 Å². The van der Waals surface area contributed by atoms with E-state index < -0.39 is 16.1 Å². The first-order valence-corrected chi connectivity index (χ1v) is 6.43. The molecule has 0 bridgehead atoms. The highest BCUT2D eigenvalue weighted by atomic mass is 32.2. The van der Waals surface area contributed by atoms with E-state index in [0.717, 1.165) is 6.08 Å². The average Bonchev–Trinajstić information content (AvgIpc) is 2.14. The van der Waals surface area contributed by atoms with E-state index in [9.17, 15) is 13.2 Å². The molecule has 6 heteroatoms. The lowest BCUT2D eigenvalue weighted by Gasteiger charge is -2.03. The highest BCUT2D eigenvalue weighted by Crippen LogP contribution is 1.95. The average molecular weight is 235 g/mol. The van der Waals surface area contributed by atoms with Crippen molar-refractivity contribution in [3.05, 3.63) is 12.2 Å². The molecule has 0 radical (unpaired) electrons. The summed E-state index contributed by atoms with van der Waals surface area (Å²) >= 11 is 0. The van der Waals surface area contributed by atoms with Gasteiger partial charge in [0.1, 0.15) is 0 Å². The molecule has 0 aromatic rings. The van der Waals surface area contributed by atoms with E-state index in [1.807, 2.05) is 13.8 Å². The topological polar surface area (TPSA) is 72.5 Å². The molecule has 0 fully saturated rings. The summed E-state index contributed by atoms with van der Waals surface area (Å²) in [6, 6.07) is 0. The van der Waals surface area contributed by atoms with Gasteiger partial charge in [-0.15, -0.1) is 0 Å². The zero-order valence-corrected chi connectivity index (χ0v) is 9.84. The van der Waals surface area contributed by atoms with Crippen LogP contribution in [-0.4, -0.2) is 33.2 Å². The third kappa shape index (κ3) is 8.14. The first kappa shape index (κ1) is 14.1. The predicted molar refractivity (Wildman–Crippen MR) is 57.9 cm³/mol. The molecule has 0 spiro atoms. The van der Waals surface area contributed by atoms with E-state index >= 15 is 0 Å². The minimum absolute atomic E-state index is 0.202. The van der Waals surface area contributed by atoms with Crippen molar-refractivity contribution in [2.45, 2.75) is 20.3 Å². The molecule has 0 aromatic heterocycles. The molecular formula is C9H17NO4S. The molecule has 1 N–H and O–H groups in total. The smallest absolute Gasteiger partial charge is 0.342 e. The van der Waals surface area contributed by atoms with Crippen LogP contribution in [0.1, 0.15) is 20.3 Å². The molecule has 0 atom stereocenters. The Balaban J connectivity index is 4.03. The first-order chi connectivity index (χ1) is 7.02. The first-order valence-electron chi connectivity index (χ1n) is 4.85. The molecule has 0 aromatic carbocycles. The number of hydrogen-bond donors (Lipinski definition) is 1. The van der Waals surface area contributed by atoms with Gasteiger partial charge in [-0.2, -0.15) is 8.42 Å². The summed E-state index contributed by atoms with van der Waals surface area (Å²) in [4.78, 5) is 10.9. The van der Waals surface area contributed by atoms with Crippen molar-refractivity contribution in [3.8, 4) is 0 Å². The molecule has 0 saturated carbocycles.